The van der Waals surface area contributed by atoms with Crippen molar-refractivity contribution in [2.24, 2.45) is 0 Å². The molecule has 0 spiro atoms. The number of carbonyl (C=O) groups excluding carboxylic acids is 1. The van der Waals surface area contributed by atoms with Crippen LogP contribution in [0, 0.1) is 6.92 Å². The van der Waals surface area contributed by atoms with Gasteiger partial charge in [0, 0.05) is 51.4 Å². The zero-order chi connectivity index (χ0) is 18.7. The van der Waals surface area contributed by atoms with Crippen LogP contribution in [0.25, 0.3) is 11.3 Å². The Morgan fingerprint density at radius 2 is 1.92 bits per heavy atom. The Kier molecular flexibility index (Phi) is 4.92. The zero-order valence-corrected chi connectivity index (χ0v) is 15.2. The van der Waals surface area contributed by atoms with Crippen molar-refractivity contribution in [3.63, 3.8) is 0 Å². The van der Waals surface area contributed by atoms with Gasteiger partial charge in [-0.2, -0.15) is 0 Å². The van der Waals surface area contributed by atoms with Gasteiger partial charge in [0.05, 0.1) is 17.8 Å². The number of nitrogens with zero attached hydrogens (tertiary/aromatic N) is 6. The van der Waals surface area contributed by atoms with E-state index in [9.17, 15) is 4.79 Å². The van der Waals surface area contributed by atoms with E-state index in [-0.39, 0.29) is 5.91 Å². The average molecular weight is 352 g/mol. The van der Waals surface area contributed by atoms with Crippen LogP contribution in [0.4, 0.5) is 5.95 Å². The Morgan fingerprint density at radius 1 is 1.19 bits per heavy atom. The van der Waals surface area contributed by atoms with Gasteiger partial charge in [0.25, 0.3) is 5.91 Å². The van der Waals surface area contributed by atoms with E-state index >= 15 is 0 Å². The van der Waals surface area contributed by atoms with Crippen molar-refractivity contribution in [3.05, 3.63) is 53.8 Å². The molecule has 134 valence electrons. The highest BCUT2D eigenvalue weighted by Crippen LogP contribution is 2.19. The fraction of sp³-hybridized carbons (Fsp3) is 0.278. The first-order valence-corrected chi connectivity index (χ1v) is 8.08. The molecular formula is C18H20N6O2. The molecule has 0 aliphatic rings. The lowest BCUT2D eigenvalue weighted by Crippen LogP contribution is -2.27. The van der Waals surface area contributed by atoms with Gasteiger partial charge in [0.2, 0.25) is 5.95 Å². The monoisotopic (exact) mass is 352 g/mol. The largest absolute Gasteiger partial charge is 0.359 e. The van der Waals surface area contributed by atoms with Gasteiger partial charge in [-0.15, -0.1) is 0 Å². The molecule has 0 radical (unpaired) electrons. The lowest BCUT2D eigenvalue weighted by Gasteiger charge is -2.17. The summed E-state index contributed by atoms with van der Waals surface area (Å²) in [7, 11) is 5.41. The SMILES string of the molecule is Cc1nc(N(C)C)ncc1C(=O)N(C)Cc1cc(-c2ccncc2)no1. The number of anilines is 1. The maximum absolute atomic E-state index is 12.7. The fourth-order valence-electron chi connectivity index (χ4n) is 2.44. The molecule has 0 atom stereocenters. The Labute approximate surface area is 151 Å². The molecule has 0 N–H and O–H groups in total. The van der Waals surface area contributed by atoms with Crippen molar-refractivity contribution in [2.75, 3.05) is 26.0 Å². The molecular weight excluding hydrogens is 332 g/mol. The summed E-state index contributed by atoms with van der Waals surface area (Å²) < 4.78 is 5.35. The van der Waals surface area contributed by atoms with Crippen molar-refractivity contribution in [1.29, 1.82) is 0 Å². The molecule has 26 heavy (non-hydrogen) atoms. The van der Waals surface area contributed by atoms with Crippen molar-refractivity contribution in [1.82, 2.24) is 25.0 Å². The Morgan fingerprint density at radius 3 is 2.58 bits per heavy atom. The summed E-state index contributed by atoms with van der Waals surface area (Å²) in [6.45, 7) is 2.09. The minimum Gasteiger partial charge on any atom is -0.359 e. The molecule has 0 saturated carbocycles. The molecule has 8 nitrogen and oxygen atoms in total. The lowest BCUT2D eigenvalue weighted by molar-refractivity contribution is 0.0770. The topological polar surface area (TPSA) is 88.3 Å². The minimum absolute atomic E-state index is 0.172. The molecule has 3 aromatic rings. The van der Waals surface area contributed by atoms with Gasteiger partial charge in [-0.3, -0.25) is 9.78 Å². The van der Waals surface area contributed by atoms with Gasteiger partial charge in [0.15, 0.2) is 5.76 Å². The molecule has 0 bridgehead atoms. The van der Waals surface area contributed by atoms with Crippen LogP contribution in [0.5, 0.6) is 0 Å². The van der Waals surface area contributed by atoms with E-state index in [1.807, 2.05) is 32.3 Å². The van der Waals surface area contributed by atoms with E-state index in [1.165, 1.54) is 0 Å². The highest BCUT2D eigenvalue weighted by molar-refractivity contribution is 5.94. The van der Waals surface area contributed by atoms with Crippen LogP contribution in [0.1, 0.15) is 21.8 Å². The summed E-state index contributed by atoms with van der Waals surface area (Å²) in [6.07, 6.45) is 4.94. The van der Waals surface area contributed by atoms with E-state index in [0.717, 1.165) is 5.56 Å². The maximum atomic E-state index is 12.7. The van der Waals surface area contributed by atoms with Crippen LogP contribution in [-0.4, -0.2) is 52.1 Å². The summed E-state index contributed by atoms with van der Waals surface area (Å²) in [5.41, 5.74) is 2.72. The van der Waals surface area contributed by atoms with Crippen molar-refractivity contribution >= 4 is 11.9 Å². The van der Waals surface area contributed by atoms with Crippen LogP contribution >= 0.6 is 0 Å². The quantitative estimate of drug-likeness (QED) is 0.695. The second-order valence-electron chi connectivity index (χ2n) is 6.14. The smallest absolute Gasteiger partial charge is 0.257 e. The summed E-state index contributed by atoms with van der Waals surface area (Å²) in [6, 6.07) is 5.52. The molecule has 0 unspecified atom stereocenters. The van der Waals surface area contributed by atoms with E-state index in [1.54, 1.807) is 42.4 Å². The minimum atomic E-state index is -0.172. The normalized spacial score (nSPS) is 10.6. The Balaban J connectivity index is 1.73. The summed E-state index contributed by atoms with van der Waals surface area (Å²) in [4.78, 5) is 28.6. The Bertz CT molecular complexity index is 907. The Hall–Kier alpha value is -3.29. The lowest BCUT2D eigenvalue weighted by atomic mass is 10.2. The summed E-state index contributed by atoms with van der Waals surface area (Å²) in [5, 5.41) is 4.05. The second kappa shape index (κ2) is 7.30. The van der Waals surface area contributed by atoms with Crippen LogP contribution in [0.3, 0.4) is 0 Å². The summed E-state index contributed by atoms with van der Waals surface area (Å²) >= 11 is 0. The third kappa shape index (κ3) is 3.69. The molecule has 3 rings (SSSR count). The van der Waals surface area contributed by atoms with Crippen LogP contribution < -0.4 is 4.90 Å². The van der Waals surface area contributed by atoms with E-state index in [4.69, 9.17) is 4.52 Å². The zero-order valence-electron chi connectivity index (χ0n) is 15.2. The molecule has 3 aromatic heterocycles. The van der Waals surface area contributed by atoms with Gasteiger partial charge in [-0.25, -0.2) is 9.97 Å². The van der Waals surface area contributed by atoms with Gasteiger partial charge in [0.1, 0.15) is 5.69 Å². The highest BCUT2D eigenvalue weighted by Gasteiger charge is 2.18. The first kappa shape index (κ1) is 17.5. The standard InChI is InChI=1S/C18H20N6O2/c1-12-15(10-20-18(21-12)23(2)3)17(25)24(4)11-14-9-16(22-26-14)13-5-7-19-8-6-13/h5-10H,11H2,1-4H3. The molecule has 0 aliphatic heterocycles. The maximum Gasteiger partial charge on any atom is 0.257 e. The van der Waals surface area contributed by atoms with Gasteiger partial charge >= 0.3 is 0 Å². The van der Waals surface area contributed by atoms with E-state index < -0.39 is 0 Å². The van der Waals surface area contributed by atoms with E-state index in [2.05, 4.69) is 20.1 Å². The first-order valence-electron chi connectivity index (χ1n) is 8.08. The average Bonchev–Trinajstić information content (AvgIpc) is 3.10. The van der Waals surface area contributed by atoms with E-state index in [0.29, 0.717) is 35.2 Å². The predicted molar refractivity (Wildman–Crippen MR) is 96.6 cm³/mol. The molecule has 0 saturated heterocycles. The number of aryl methyl sites for hydroxylation is 1. The van der Waals surface area contributed by atoms with Crippen LogP contribution in [0.15, 0.2) is 41.3 Å². The molecule has 0 aliphatic carbocycles. The van der Waals surface area contributed by atoms with Crippen LogP contribution in [0.2, 0.25) is 0 Å². The highest BCUT2D eigenvalue weighted by atomic mass is 16.5. The molecule has 8 heteroatoms. The van der Waals surface area contributed by atoms with Crippen molar-refractivity contribution in [3.8, 4) is 11.3 Å². The summed E-state index contributed by atoms with van der Waals surface area (Å²) in [5.74, 6) is 0.991. The van der Waals surface area contributed by atoms with Gasteiger partial charge in [-0.05, 0) is 19.1 Å². The predicted octanol–water partition coefficient (Wildman–Crippen LogP) is 2.17. The third-order valence-corrected chi connectivity index (χ3v) is 3.87. The number of amides is 1. The van der Waals surface area contributed by atoms with Crippen molar-refractivity contribution < 1.29 is 9.32 Å². The number of carbonyl (C=O) groups is 1. The van der Waals surface area contributed by atoms with Gasteiger partial charge in [-0.1, -0.05) is 5.16 Å². The number of aromatic nitrogens is 4. The molecule has 0 aromatic carbocycles. The number of hydrogen-bond donors (Lipinski definition) is 0. The number of hydrogen-bond acceptors (Lipinski definition) is 7. The fourth-order valence-corrected chi connectivity index (χ4v) is 2.44. The number of pyridine rings is 1. The number of rotatable bonds is 5. The molecule has 1 amide bonds. The van der Waals surface area contributed by atoms with Gasteiger partial charge < -0.3 is 14.3 Å². The third-order valence-electron chi connectivity index (χ3n) is 3.87. The van der Waals surface area contributed by atoms with Crippen molar-refractivity contribution in [2.45, 2.75) is 13.5 Å². The second-order valence-corrected chi connectivity index (χ2v) is 6.14. The van der Waals surface area contributed by atoms with Crippen LogP contribution in [-0.2, 0) is 6.54 Å². The first-order chi connectivity index (χ1) is 12.5. The molecule has 3 heterocycles. The molecule has 0 fully saturated rings.